The Labute approximate surface area is 162 Å². The molecule has 0 spiro atoms. The molecule has 8 heteroatoms. The molecule has 1 aromatic carbocycles. The molecule has 3 rings (SSSR count). The van der Waals surface area contributed by atoms with Crippen LogP contribution in [0.5, 0.6) is 5.75 Å². The second kappa shape index (κ2) is 7.76. The van der Waals surface area contributed by atoms with Gasteiger partial charge in [-0.3, -0.25) is 9.59 Å². The average molecular weight is 395 g/mol. The monoisotopic (exact) mass is 394 g/mol. The molecule has 2 amide bonds. The molecule has 1 saturated carbocycles. The Balaban J connectivity index is 1.76. The van der Waals surface area contributed by atoms with Crippen LogP contribution in [0.2, 0.25) is 5.02 Å². The number of aliphatic carboxylic acids is 1. The molecule has 27 heavy (non-hydrogen) atoms. The van der Waals surface area contributed by atoms with Crippen molar-refractivity contribution >= 4 is 35.1 Å². The second-order valence-corrected chi connectivity index (χ2v) is 7.60. The number of methoxy groups -OCH3 is 1. The summed E-state index contributed by atoms with van der Waals surface area (Å²) in [6.07, 6.45) is 3.36. The van der Waals surface area contributed by atoms with Gasteiger partial charge in [0.2, 0.25) is 11.8 Å². The Morgan fingerprint density at radius 3 is 2.63 bits per heavy atom. The minimum atomic E-state index is -1.22. The number of carbonyl (C=O) groups is 3. The summed E-state index contributed by atoms with van der Waals surface area (Å²) >= 11 is 6.04. The van der Waals surface area contributed by atoms with Gasteiger partial charge in [-0.1, -0.05) is 30.9 Å². The van der Waals surface area contributed by atoms with Gasteiger partial charge in [0.15, 0.2) is 0 Å². The summed E-state index contributed by atoms with van der Waals surface area (Å²) in [6.45, 7) is 0.164. The van der Waals surface area contributed by atoms with Crippen molar-refractivity contribution in [2.45, 2.75) is 44.1 Å². The molecule has 1 atom stereocenters. The molecule has 146 valence electrons. The van der Waals surface area contributed by atoms with Gasteiger partial charge in [-0.05, 0) is 31.0 Å². The van der Waals surface area contributed by atoms with Crippen molar-refractivity contribution in [3.05, 3.63) is 23.2 Å². The van der Waals surface area contributed by atoms with E-state index in [2.05, 4.69) is 5.32 Å². The first-order valence-electron chi connectivity index (χ1n) is 9.05. The van der Waals surface area contributed by atoms with Crippen LogP contribution < -0.4 is 15.0 Å². The predicted octanol–water partition coefficient (Wildman–Crippen LogP) is 2.61. The second-order valence-electron chi connectivity index (χ2n) is 7.16. The SMILES string of the molecule is COc1ccc(Cl)cc1N1C[C@H](C(=O)NC2(C(=O)O)CCCCC2)CC1=O. The molecular formula is C19H23ClN2O5. The van der Waals surface area contributed by atoms with E-state index in [-0.39, 0.29) is 18.9 Å². The third kappa shape index (κ3) is 3.88. The number of anilines is 1. The van der Waals surface area contributed by atoms with E-state index in [0.717, 1.165) is 19.3 Å². The van der Waals surface area contributed by atoms with Crippen molar-refractivity contribution < 1.29 is 24.2 Å². The predicted molar refractivity (Wildman–Crippen MR) is 100 cm³/mol. The Hall–Kier alpha value is -2.28. The minimum Gasteiger partial charge on any atom is -0.495 e. The van der Waals surface area contributed by atoms with Crippen molar-refractivity contribution in [2.24, 2.45) is 5.92 Å². The number of carboxylic acids is 1. The summed E-state index contributed by atoms with van der Waals surface area (Å²) in [4.78, 5) is 38.5. The number of hydrogen-bond donors (Lipinski definition) is 2. The molecule has 0 unspecified atom stereocenters. The average Bonchev–Trinajstić information content (AvgIpc) is 3.04. The van der Waals surface area contributed by atoms with Crippen molar-refractivity contribution in [3.8, 4) is 5.75 Å². The number of nitrogens with zero attached hydrogens (tertiary/aromatic N) is 1. The lowest BCUT2D eigenvalue weighted by atomic mass is 9.81. The fraction of sp³-hybridized carbons (Fsp3) is 0.526. The van der Waals surface area contributed by atoms with Crippen molar-refractivity contribution in [2.75, 3.05) is 18.6 Å². The summed E-state index contributed by atoms with van der Waals surface area (Å²) in [7, 11) is 1.50. The summed E-state index contributed by atoms with van der Waals surface area (Å²) < 4.78 is 5.29. The van der Waals surface area contributed by atoms with E-state index in [0.29, 0.717) is 29.3 Å². The lowest BCUT2D eigenvalue weighted by Crippen LogP contribution is -2.57. The van der Waals surface area contributed by atoms with Crippen molar-refractivity contribution in [3.63, 3.8) is 0 Å². The van der Waals surface area contributed by atoms with Gasteiger partial charge in [-0.15, -0.1) is 0 Å². The highest BCUT2D eigenvalue weighted by molar-refractivity contribution is 6.31. The number of benzene rings is 1. The number of ether oxygens (including phenoxy) is 1. The van der Waals surface area contributed by atoms with Gasteiger partial charge in [0, 0.05) is 18.0 Å². The third-order valence-electron chi connectivity index (χ3n) is 5.41. The smallest absolute Gasteiger partial charge is 0.329 e. The standard InChI is InChI=1S/C19H23ClN2O5/c1-27-15-6-5-13(20)10-14(15)22-11-12(9-16(22)23)17(24)21-19(18(25)26)7-3-2-4-8-19/h5-6,10,12H,2-4,7-9,11H2,1H3,(H,21,24)(H,25,26)/t12-/m1/s1. The normalized spacial score (nSPS) is 21.8. The molecule has 7 nitrogen and oxygen atoms in total. The molecule has 2 aliphatic rings. The van der Waals surface area contributed by atoms with E-state index in [1.165, 1.54) is 12.0 Å². The number of nitrogens with one attached hydrogen (secondary N) is 1. The zero-order valence-corrected chi connectivity index (χ0v) is 15.9. The van der Waals surface area contributed by atoms with E-state index >= 15 is 0 Å². The highest BCUT2D eigenvalue weighted by atomic mass is 35.5. The van der Waals surface area contributed by atoms with E-state index in [1.54, 1.807) is 18.2 Å². The third-order valence-corrected chi connectivity index (χ3v) is 5.64. The highest BCUT2D eigenvalue weighted by Crippen LogP contribution is 2.36. The zero-order valence-electron chi connectivity index (χ0n) is 15.2. The summed E-state index contributed by atoms with van der Waals surface area (Å²) in [5, 5.41) is 12.8. The van der Waals surface area contributed by atoms with Crippen LogP contribution in [-0.2, 0) is 14.4 Å². The molecular weight excluding hydrogens is 372 g/mol. The fourth-order valence-electron chi connectivity index (χ4n) is 3.88. The van der Waals surface area contributed by atoms with Crippen LogP contribution in [0.25, 0.3) is 0 Å². The maximum absolute atomic E-state index is 12.8. The quantitative estimate of drug-likeness (QED) is 0.800. The van der Waals surface area contributed by atoms with Crippen LogP contribution in [0, 0.1) is 5.92 Å². The lowest BCUT2D eigenvalue weighted by molar-refractivity contribution is -0.149. The highest BCUT2D eigenvalue weighted by Gasteiger charge is 2.44. The Morgan fingerprint density at radius 2 is 2.00 bits per heavy atom. The molecule has 0 radical (unpaired) electrons. The van der Waals surface area contributed by atoms with Crippen molar-refractivity contribution in [1.82, 2.24) is 5.32 Å². The zero-order chi connectivity index (χ0) is 19.6. The topological polar surface area (TPSA) is 95.9 Å². The molecule has 1 saturated heterocycles. The first-order valence-corrected chi connectivity index (χ1v) is 9.43. The summed E-state index contributed by atoms with van der Waals surface area (Å²) in [5.41, 5.74) is -0.713. The summed E-state index contributed by atoms with van der Waals surface area (Å²) in [6, 6.07) is 4.95. The molecule has 1 aromatic rings. The maximum Gasteiger partial charge on any atom is 0.329 e. The number of carboxylic acid groups (broad SMARTS) is 1. The van der Waals surface area contributed by atoms with Gasteiger partial charge in [-0.2, -0.15) is 0 Å². The lowest BCUT2D eigenvalue weighted by Gasteiger charge is -2.34. The maximum atomic E-state index is 12.8. The Morgan fingerprint density at radius 1 is 1.30 bits per heavy atom. The molecule has 0 bridgehead atoms. The van der Waals surface area contributed by atoms with Gasteiger partial charge >= 0.3 is 5.97 Å². The molecule has 1 heterocycles. The van der Waals surface area contributed by atoms with Crippen molar-refractivity contribution in [1.29, 1.82) is 0 Å². The van der Waals surface area contributed by atoms with Gasteiger partial charge < -0.3 is 20.1 Å². The number of rotatable bonds is 5. The van der Waals surface area contributed by atoms with Crippen LogP contribution in [-0.4, -0.2) is 42.1 Å². The molecule has 1 aliphatic carbocycles. The van der Waals surface area contributed by atoms with E-state index in [1.807, 2.05) is 0 Å². The van der Waals surface area contributed by atoms with E-state index in [9.17, 15) is 19.5 Å². The van der Waals surface area contributed by atoms with Crippen LogP contribution in [0.4, 0.5) is 5.69 Å². The van der Waals surface area contributed by atoms with Gasteiger partial charge in [0.1, 0.15) is 11.3 Å². The number of halogens is 1. The Bertz CT molecular complexity index is 760. The Kier molecular flexibility index (Phi) is 5.60. The first kappa shape index (κ1) is 19.5. The van der Waals surface area contributed by atoms with Gasteiger partial charge in [0.25, 0.3) is 0 Å². The fourth-order valence-corrected chi connectivity index (χ4v) is 4.04. The van der Waals surface area contributed by atoms with Crippen LogP contribution >= 0.6 is 11.6 Å². The number of amides is 2. The number of hydrogen-bond acceptors (Lipinski definition) is 4. The summed E-state index contributed by atoms with van der Waals surface area (Å²) in [5.74, 6) is -1.74. The molecule has 2 N–H and O–H groups in total. The van der Waals surface area contributed by atoms with Gasteiger partial charge in [0.05, 0.1) is 18.7 Å². The van der Waals surface area contributed by atoms with Crippen LogP contribution in [0.3, 0.4) is 0 Å². The molecule has 2 fully saturated rings. The van der Waals surface area contributed by atoms with Crippen LogP contribution in [0.1, 0.15) is 38.5 Å². The minimum absolute atomic E-state index is 0.0250. The number of carbonyl (C=O) groups excluding carboxylic acids is 2. The van der Waals surface area contributed by atoms with E-state index < -0.39 is 23.3 Å². The largest absolute Gasteiger partial charge is 0.495 e. The van der Waals surface area contributed by atoms with Gasteiger partial charge in [-0.25, -0.2) is 4.79 Å². The van der Waals surface area contributed by atoms with E-state index in [4.69, 9.17) is 16.3 Å². The molecule has 1 aliphatic heterocycles. The molecule has 0 aromatic heterocycles. The first-order chi connectivity index (χ1) is 12.9. The van der Waals surface area contributed by atoms with Crippen LogP contribution in [0.15, 0.2) is 18.2 Å².